The van der Waals surface area contributed by atoms with Crippen LogP contribution in [0.15, 0.2) is 0 Å². The molecule has 1 nitrogen and oxygen atoms in total. The van der Waals surface area contributed by atoms with Gasteiger partial charge in [-0.15, -0.1) is 0 Å². The molecule has 0 heterocycles. The Hall–Kier alpha value is 0.744. The van der Waals surface area contributed by atoms with Crippen molar-refractivity contribution in [1.29, 1.82) is 0 Å². The normalized spacial score (nSPS) is 13.4. The van der Waals surface area contributed by atoms with Crippen LogP contribution in [0.3, 0.4) is 0 Å². The van der Waals surface area contributed by atoms with Gasteiger partial charge in [0.1, 0.15) is 7.22 Å². The van der Waals surface area contributed by atoms with Gasteiger partial charge in [0.15, 0.2) is 8.32 Å². The molecule has 0 aromatic carbocycles. The molecule has 0 aromatic heterocycles. The molecule has 0 amide bonds. The number of hydrogen-bond acceptors (Lipinski definition) is 2. The van der Waals surface area contributed by atoms with Gasteiger partial charge in [0.05, 0.1) is 0 Å². The van der Waals surface area contributed by atoms with Crippen LogP contribution in [0.2, 0.25) is 32.7 Å². The molecule has 0 aliphatic heterocycles. The fourth-order valence-corrected chi connectivity index (χ4v) is 12.0. The Morgan fingerprint density at radius 1 is 1.08 bits per heavy atom. The molecule has 0 rings (SSSR count). The van der Waals surface area contributed by atoms with Crippen LogP contribution in [0, 0.1) is 0 Å². The van der Waals surface area contributed by atoms with E-state index in [9.17, 15) is 0 Å². The Labute approximate surface area is 89.4 Å². The minimum atomic E-state index is -1.34. The molecule has 0 aliphatic carbocycles. The molecule has 0 spiro atoms. The van der Waals surface area contributed by atoms with Gasteiger partial charge in [0.25, 0.3) is 0 Å². The van der Waals surface area contributed by atoms with Crippen LogP contribution < -0.4 is 0 Å². The van der Waals surface area contributed by atoms with Gasteiger partial charge in [-0.2, -0.15) is 11.2 Å². The van der Waals surface area contributed by atoms with Crippen molar-refractivity contribution in [3.8, 4) is 0 Å². The van der Waals surface area contributed by atoms with Crippen molar-refractivity contribution in [2.75, 3.05) is 12.0 Å². The summed E-state index contributed by atoms with van der Waals surface area (Å²) in [5.41, 5.74) is 0. The minimum absolute atomic E-state index is 0.935. The van der Waals surface area contributed by atoms with E-state index in [0.29, 0.717) is 0 Å². The molecular weight excluding hydrogens is 212 g/mol. The molecule has 0 radical (unpaired) electrons. The highest BCUT2D eigenvalue weighted by molar-refractivity contribution is 8.29. The average molecular weight is 237 g/mol. The van der Waals surface area contributed by atoms with Gasteiger partial charge in [0.2, 0.25) is 0 Å². The van der Waals surface area contributed by atoms with Gasteiger partial charge in [-0.1, -0.05) is 26.6 Å². The van der Waals surface area contributed by atoms with Crippen LogP contribution in [-0.2, 0) is 4.43 Å². The molecule has 0 aromatic rings. The summed E-state index contributed by atoms with van der Waals surface area (Å²) in [5.74, 6) is 0. The van der Waals surface area contributed by atoms with E-state index in [1.54, 1.807) is 0 Å². The Balaban J connectivity index is 3.75. The van der Waals surface area contributed by atoms with Crippen molar-refractivity contribution in [2.45, 2.75) is 46.1 Å². The maximum Gasteiger partial charge on any atom is 0.195 e. The minimum Gasteiger partial charge on any atom is -0.417 e. The highest BCUT2D eigenvalue weighted by Gasteiger charge is 2.25. The van der Waals surface area contributed by atoms with E-state index in [-0.39, 0.29) is 0 Å². The smallest absolute Gasteiger partial charge is 0.195 e. The highest BCUT2D eigenvalue weighted by atomic mass is 32.4. The van der Waals surface area contributed by atoms with Crippen molar-refractivity contribution in [3.05, 3.63) is 0 Å². The van der Waals surface area contributed by atoms with Crippen molar-refractivity contribution >= 4 is 26.8 Å². The molecule has 13 heavy (non-hydrogen) atoms. The molecule has 4 heteroatoms. The van der Waals surface area contributed by atoms with E-state index in [1.165, 1.54) is 5.38 Å². The van der Waals surface area contributed by atoms with Gasteiger partial charge < -0.3 is 4.43 Å². The first-order valence-corrected chi connectivity index (χ1v) is 13.4. The lowest BCUT2D eigenvalue weighted by Crippen LogP contribution is -2.36. The van der Waals surface area contributed by atoms with Crippen LogP contribution in [-0.4, -0.2) is 27.5 Å². The summed E-state index contributed by atoms with van der Waals surface area (Å²) in [7, 11) is -2.27. The van der Waals surface area contributed by atoms with E-state index in [4.69, 9.17) is 4.43 Å². The van der Waals surface area contributed by atoms with Gasteiger partial charge in [0, 0.05) is 12.0 Å². The lowest BCUT2D eigenvalue weighted by Gasteiger charge is -2.26. The molecule has 0 saturated carbocycles. The second-order valence-electron chi connectivity index (χ2n) is 5.01. The number of rotatable bonds is 6. The van der Waals surface area contributed by atoms with Gasteiger partial charge >= 0.3 is 0 Å². The van der Waals surface area contributed by atoms with Crippen molar-refractivity contribution in [2.24, 2.45) is 0 Å². The zero-order valence-corrected chi connectivity index (χ0v) is 12.8. The largest absolute Gasteiger partial charge is 0.417 e. The molecule has 0 bridgehead atoms. The van der Waals surface area contributed by atoms with E-state index in [2.05, 4.69) is 50.9 Å². The van der Waals surface area contributed by atoms with E-state index in [0.717, 1.165) is 13.0 Å². The fraction of sp³-hybridized carbons (Fsp3) is 1.00. The molecule has 0 aliphatic rings. The Morgan fingerprint density at radius 3 is 2.00 bits per heavy atom. The van der Waals surface area contributed by atoms with Crippen LogP contribution in [0.4, 0.5) is 0 Å². The molecule has 0 atom stereocenters. The SMILES string of the molecule is CCCO[Si](C)(C)CS[Si](C)(C)C. The topological polar surface area (TPSA) is 9.23 Å². The summed E-state index contributed by atoms with van der Waals surface area (Å²) >= 11 is 2.17. The average Bonchev–Trinajstić information content (AvgIpc) is 1.97. The summed E-state index contributed by atoms with van der Waals surface area (Å²) in [6, 6.07) is 0. The quantitative estimate of drug-likeness (QED) is 0.650. The predicted molar refractivity (Wildman–Crippen MR) is 69.5 cm³/mol. The third-order valence-corrected chi connectivity index (χ3v) is 10.7. The fourth-order valence-electron chi connectivity index (χ4n) is 0.810. The Kier molecular flexibility index (Phi) is 5.90. The zero-order chi connectivity index (χ0) is 10.5. The molecule has 0 unspecified atom stereocenters. The number of hydrogen-bond donors (Lipinski definition) is 0. The molecular formula is C9H24OSSi2. The molecule has 80 valence electrons. The van der Waals surface area contributed by atoms with E-state index < -0.39 is 15.5 Å². The summed E-state index contributed by atoms with van der Waals surface area (Å²) < 4.78 is 5.91. The third-order valence-electron chi connectivity index (χ3n) is 1.55. The maximum atomic E-state index is 5.91. The van der Waals surface area contributed by atoms with Crippen LogP contribution in [0.1, 0.15) is 13.3 Å². The molecule has 0 fully saturated rings. The third kappa shape index (κ3) is 9.06. The lowest BCUT2D eigenvalue weighted by molar-refractivity contribution is 0.311. The van der Waals surface area contributed by atoms with Crippen LogP contribution in [0.25, 0.3) is 0 Å². The van der Waals surface area contributed by atoms with Crippen LogP contribution >= 0.6 is 11.2 Å². The highest BCUT2D eigenvalue weighted by Crippen LogP contribution is 2.23. The monoisotopic (exact) mass is 236 g/mol. The summed E-state index contributed by atoms with van der Waals surface area (Å²) in [6.45, 7) is 15.0. The lowest BCUT2D eigenvalue weighted by atomic mass is 10.5. The zero-order valence-electron chi connectivity index (χ0n) is 9.94. The Morgan fingerprint density at radius 2 is 1.62 bits per heavy atom. The summed E-state index contributed by atoms with van der Waals surface area (Å²) in [6.07, 6.45) is 1.15. The Bertz CT molecular complexity index is 143. The predicted octanol–water partition coefficient (Wildman–Crippen LogP) is 3.73. The first-order chi connectivity index (χ1) is 5.77. The van der Waals surface area contributed by atoms with Crippen LogP contribution in [0.5, 0.6) is 0 Å². The second-order valence-corrected chi connectivity index (χ2v) is 19.0. The van der Waals surface area contributed by atoms with E-state index >= 15 is 0 Å². The van der Waals surface area contributed by atoms with Crippen molar-refractivity contribution in [3.63, 3.8) is 0 Å². The maximum absolute atomic E-state index is 5.91. The second kappa shape index (κ2) is 5.58. The molecule has 0 N–H and O–H groups in total. The first-order valence-electron chi connectivity index (χ1n) is 5.05. The molecule has 0 saturated heterocycles. The summed E-state index contributed by atoms with van der Waals surface area (Å²) in [4.78, 5) is 0. The summed E-state index contributed by atoms with van der Waals surface area (Å²) in [5, 5.41) is 1.27. The van der Waals surface area contributed by atoms with Gasteiger partial charge in [-0.3, -0.25) is 0 Å². The van der Waals surface area contributed by atoms with Gasteiger partial charge in [-0.05, 0) is 19.5 Å². The first kappa shape index (κ1) is 13.7. The van der Waals surface area contributed by atoms with Crippen molar-refractivity contribution in [1.82, 2.24) is 0 Å². The van der Waals surface area contributed by atoms with Crippen molar-refractivity contribution < 1.29 is 4.43 Å². The van der Waals surface area contributed by atoms with Gasteiger partial charge in [-0.25, -0.2) is 0 Å². The van der Waals surface area contributed by atoms with E-state index in [1.807, 2.05) is 0 Å². The standard InChI is InChI=1S/C9H24OSSi2/c1-7-8-10-13(5,6)9-11-12(2,3)4/h7-9H2,1-6H3.